The van der Waals surface area contributed by atoms with Crippen LogP contribution >= 0.6 is 0 Å². The molecule has 208 valence electrons. The fraction of sp³-hybridized carbons (Fsp3) is 0.429. The number of hydrogen-bond acceptors (Lipinski definition) is 8. The number of nitrogens with zero attached hydrogens (tertiary/aromatic N) is 4. The van der Waals surface area contributed by atoms with Gasteiger partial charge in [0.1, 0.15) is 17.7 Å². The molecule has 1 aromatic carbocycles. The number of carbonyl (C=O) groups excluding carboxylic acids is 2. The molecular formula is C28H36FN7O3. The van der Waals surface area contributed by atoms with Crippen molar-refractivity contribution >= 4 is 29.3 Å². The minimum atomic E-state index is -0.563. The Balaban J connectivity index is 1.49. The number of anilines is 3. The summed E-state index contributed by atoms with van der Waals surface area (Å²) in [6.45, 7) is 1.47. The third-order valence-corrected chi connectivity index (χ3v) is 6.02. The molecule has 2 amide bonds. The molecule has 2 atom stereocenters. The molecule has 1 fully saturated rings. The fourth-order valence-electron chi connectivity index (χ4n) is 4.00. The van der Waals surface area contributed by atoms with Crippen LogP contribution in [-0.2, 0) is 14.3 Å². The Morgan fingerprint density at radius 1 is 1.33 bits per heavy atom. The summed E-state index contributed by atoms with van der Waals surface area (Å²) in [6.07, 6.45) is 6.39. The first-order valence-corrected chi connectivity index (χ1v) is 12.8. The van der Waals surface area contributed by atoms with Gasteiger partial charge < -0.3 is 30.5 Å². The fourth-order valence-corrected chi connectivity index (χ4v) is 4.00. The van der Waals surface area contributed by atoms with Gasteiger partial charge in [0.2, 0.25) is 17.8 Å². The Labute approximate surface area is 229 Å². The number of halogens is 1. The summed E-state index contributed by atoms with van der Waals surface area (Å²) < 4.78 is 18.8. The SMILES string of the molecule is CNc1nc(Nc2cccc(F)c2)ncc1C#CCCCNC(=O)[C@@H]1C[C@H](OC)CN1C(=O)C=CCN(C)C. The molecular weight excluding hydrogens is 501 g/mol. The number of rotatable bonds is 11. The largest absolute Gasteiger partial charge is 0.380 e. The van der Waals surface area contributed by atoms with Crippen LogP contribution in [0.15, 0.2) is 42.6 Å². The number of methoxy groups -OCH3 is 1. The van der Waals surface area contributed by atoms with Crippen molar-refractivity contribution in [3.05, 3.63) is 54.0 Å². The standard InChI is InChI=1S/C28H36FN7O3/c1-30-26-20(18-32-28(34-26)33-22-12-8-11-21(29)16-22)10-6-5-7-14-31-27(38)24-17-23(39-4)19-36(24)25(37)13-9-15-35(2)3/h8-9,11-13,16,18,23-24H,5,7,14-15,17,19H2,1-4H3,(H,31,38)(H2,30,32,33,34)/t23-,24-/m0/s1. The van der Waals surface area contributed by atoms with Gasteiger partial charge in [-0.2, -0.15) is 4.98 Å². The third kappa shape index (κ3) is 9.05. The molecule has 10 nitrogen and oxygen atoms in total. The molecule has 0 saturated carbocycles. The summed E-state index contributed by atoms with van der Waals surface area (Å²) in [5, 5.41) is 8.89. The Morgan fingerprint density at radius 2 is 2.15 bits per heavy atom. The van der Waals surface area contributed by atoms with Gasteiger partial charge in [0, 0.05) is 58.4 Å². The van der Waals surface area contributed by atoms with E-state index in [2.05, 4.69) is 37.8 Å². The van der Waals surface area contributed by atoms with Crippen molar-refractivity contribution in [3.8, 4) is 11.8 Å². The minimum absolute atomic E-state index is 0.170. The van der Waals surface area contributed by atoms with Crippen LogP contribution in [0.3, 0.4) is 0 Å². The summed E-state index contributed by atoms with van der Waals surface area (Å²) >= 11 is 0. The molecule has 2 aromatic rings. The number of hydrogen-bond donors (Lipinski definition) is 3. The Kier molecular flexibility index (Phi) is 11.2. The maximum atomic E-state index is 13.4. The van der Waals surface area contributed by atoms with Crippen molar-refractivity contribution in [3.63, 3.8) is 0 Å². The van der Waals surface area contributed by atoms with E-state index >= 15 is 0 Å². The predicted molar refractivity (Wildman–Crippen MR) is 149 cm³/mol. The molecule has 11 heteroatoms. The quantitative estimate of drug-likeness (QED) is 0.228. The number of benzene rings is 1. The topological polar surface area (TPSA) is 112 Å². The highest BCUT2D eigenvalue weighted by Crippen LogP contribution is 2.21. The van der Waals surface area contributed by atoms with E-state index in [4.69, 9.17) is 4.74 Å². The molecule has 1 saturated heterocycles. The molecule has 1 aliphatic heterocycles. The average Bonchev–Trinajstić information content (AvgIpc) is 3.36. The molecule has 2 heterocycles. The molecule has 1 aromatic heterocycles. The van der Waals surface area contributed by atoms with Gasteiger partial charge in [0.15, 0.2) is 0 Å². The number of aromatic nitrogens is 2. The van der Waals surface area contributed by atoms with Crippen molar-refractivity contribution in [2.75, 3.05) is 58.5 Å². The van der Waals surface area contributed by atoms with Crippen LogP contribution in [0.4, 0.5) is 21.8 Å². The Bertz CT molecular complexity index is 1230. The zero-order valence-corrected chi connectivity index (χ0v) is 22.8. The molecule has 0 bridgehead atoms. The van der Waals surface area contributed by atoms with Crippen molar-refractivity contribution in [2.24, 2.45) is 0 Å². The molecule has 3 N–H and O–H groups in total. The van der Waals surface area contributed by atoms with E-state index in [1.165, 1.54) is 18.2 Å². The Hall–Kier alpha value is -4.01. The molecule has 0 radical (unpaired) electrons. The van der Waals surface area contributed by atoms with Crippen LogP contribution in [0, 0.1) is 17.7 Å². The van der Waals surface area contributed by atoms with Crippen molar-refractivity contribution in [1.82, 2.24) is 25.1 Å². The number of unbranched alkanes of at least 4 members (excludes halogenated alkanes) is 1. The Morgan fingerprint density at radius 3 is 2.87 bits per heavy atom. The molecule has 0 spiro atoms. The average molecular weight is 538 g/mol. The molecule has 0 unspecified atom stereocenters. The zero-order valence-electron chi connectivity index (χ0n) is 22.8. The number of likely N-dealkylation sites (tertiary alicyclic amines) is 1. The monoisotopic (exact) mass is 537 g/mol. The van der Waals surface area contributed by atoms with E-state index in [1.807, 2.05) is 19.0 Å². The number of nitrogens with one attached hydrogen (secondary N) is 3. The van der Waals surface area contributed by atoms with Gasteiger partial charge in [-0.1, -0.05) is 24.0 Å². The van der Waals surface area contributed by atoms with Crippen LogP contribution < -0.4 is 16.0 Å². The second-order valence-electron chi connectivity index (χ2n) is 9.30. The van der Waals surface area contributed by atoms with Crippen LogP contribution in [0.5, 0.6) is 0 Å². The van der Waals surface area contributed by atoms with Crippen LogP contribution in [0.1, 0.15) is 24.8 Å². The highest BCUT2D eigenvalue weighted by atomic mass is 19.1. The first-order chi connectivity index (χ1) is 18.8. The second kappa shape index (κ2) is 14.8. The normalized spacial score (nSPS) is 16.7. The minimum Gasteiger partial charge on any atom is -0.380 e. The van der Waals surface area contributed by atoms with E-state index in [-0.39, 0.29) is 23.7 Å². The van der Waals surface area contributed by atoms with E-state index in [1.54, 1.807) is 43.5 Å². The first kappa shape index (κ1) is 29.5. The lowest BCUT2D eigenvalue weighted by atomic mass is 10.1. The number of carbonyl (C=O) groups is 2. The maximum absolute atomic E-state index is 13.4. The molecule has 39 heavy (non-hydrogen) atoms. The van der Waals surface area contributed by atoms with Gasteiger partial charge in [0.25, 0.3) is 0 Å². The van der Waals surface area contributed by atoms with Crippen LogP contribution in [-0.4, -0.2) is 91.6 Å². The zero-order chi connectivity index (χ0) is 28.2. The highest BCUT2D eigenvalue weighted by molar-refractivity contribution is 5.93. The number of amides is 2. The van der Waals surface area contributed by atoms with Gasteiger partial charge in [-0.3, -0.25) is 9.59 Å². The first-order valence-electron chi connectivity index (χ1n) is 12.8. The highest BCUT2D eigenvalue weighted by Gasteiger charge is 2.38. The van der Waals surface area contributed by atoms with Gasteiger partial charge >= 0.3 is 0 Å². The van der Waals surface area contributed by atoms with Crippen LogP contribution in [0.2, 0.25) is 0 Å². The maximum Gasteiger partial charge on any atom is 0.247 e. The summed E-state index contributed by atoms with van der Waals surface area (Å²) in [5.74, 6) is 6.26. The van der Waals surface area contributed by atoms with Crippen molar-refractivity contribution in [2.45, 2.75) is 31.4 Å². The van der Waals surface area contributed by atoms with Crippen molar-refractivity contribution < 1.29 is 18.7 Å². The number of likely N-dealkylation sites (N-methyl/N-ethyl adjacent to an activating group) is 1. The summed E-state index contributed by atoms with van der Waals surface area (Å²) in [7, 11) is 7.17. The lowest BCUT2D eigenvalue weighted by Gasteiger charge is -2.22. The summed E-state index contributed by atoms with van der Waals surface area (Å²) in [5.41, 5.74) is 1.17. The van der Waals surface area contributed by atoms with Crippen molar-refractivity contribution in [1.29, 1.82) is 0 Å². The molecule has 0 aliphatic carbocycles. The van der Waals surface area contributed by atoms with Gasteiger partial charge in [-0.25, -0.2) is 9.37 Å². The van der Waals surface area contributed by atoms with E-state index < -0.39 is 6.04 Å². The molecule has 3 rings (SSSR count). The predicted octanol–water partition coefficient (Wildman–Crippen LogP) is 2.38. The number of ether oxygens (including phenoxy) is 1. The second-order valence-corrected chi connectivity index (χ2v) is 9.30. The lowest BCUT2D eigenvalue weighted by molar-refractivity contribution is -0.135. The summed E-state index contributed by atoms with van der Waals surface area (Å²) in [4.78, 5) is 37.7. The van der Waals surface area contributed by atoms with Crippen LogP contribution in [0.25, 0.3) is 0 Å². The third-order valence-electron chi connectivity index (χ3n) is 6.02. The van der Waals surface area contributed by atoms with Gasteiger partial charge in [-0.15, -0.1) is 0 Å². The molecule has 1 aliphatic rings. The van der Waals surface area contributed by atoms with Gasteiger partial charge in [0.05, 0.1) is 17.9 Å². The summed E-state index contributed by atoms with van der Waals surface area (Å²) in [6, 6.07) is 5.48. The lowest BCUT2D eigenvalue weighted by Crippen LogP contribution is -2.45. The smallest absolute Gasteiger partial charge is 0.247 e. The van der Waals surface area contributed by atoms with E-state index in [0.717, 1.165) is 0 Å². The van der Waals surface area contributed by atoms with Gasteiger partial charge in [-0.05, 0) is 38.7 Å². The van der Waals surface area contributed by atoms with E-state index in [0.29, 0.717) is 61.9 Å². The van der Waals surface area contributed by atoms with E-state index in [9.17, 15) is 14.0 Å².